The van der Waals surface area contributed by atoms with Gasteiger partial charge in [0.15, 0.2) is 0 Å². The molecular weight excluding hydrogens is 484 g/mol. The zero-order valence-electron chi connectivity index (χ0n) is 22.4. The van der Waals surface area contributed by atoms with Crippen molar-refractivity contribution < 1.29 is 9.53 Å². The van der Waals surface area contributed by atoms with Gasteiger partial charge in [-0.3, -0.25) is 4.68 Å². The second-order valence-corrected chi connectivity index (χ2v) is 14.9. The average Bonchev–Trinajstić information content (AvgIpc) is 3.30. The highest BCUT2D eigenvalue weighted by atomic mass is 28.4. The molecule has 1 aromatic heterocycles. The summed E-state index contributed by atoms with van der Waals surface area (Å²) in [5, 5.41) is 18.4. The van der Waals surface area contributed by atoms with Crippen molar-refractivity contribution >= 4 is 41.6 Å². The molecule has 5 rings (SSSR count). The monoisotopic (exact) mass is 518 g/mol. The highest BCUT2D eigenvalue weighted by Gasteiger charge is 2.52. The van der Waals surface area contributed by atoms with Gasteiger partial charge in [-0.1, -0.05) is 112 Å². The van der Waals surface area contributed by atoms with Crippen LogP contribution in [0.3, 0.4) is 0 Å². The first-order valence-corrected chi connectivity index (χ1v) is 14.9. The zero-order chi connectivity index (χ0) is 26.8. The Hall–Kier alpha value is -3.93. The van der Waals surface area contributed by atoms with E-state index < -0.39 is 8.32 Å². The number of aryl methyl sites for hydroxylation is 1. The summed E-state index contributed by atoms with van der Waals surface area (Å²) in [7, 11) is -0.908. The molecule has 0 saturated carbocycles. The molecule has 0 atom stereocenters. The molecule has 0 bridgehead atoms. The molecule has 0 aliphatic heterocycles. The van der Waals surface area contributed by atoms with Crippen LogP contribution >= 0.6 is 0 Å². The molecular formula is C33H34N2O2Si. The van der Waals surface area contributed by atoms with Crippen LogP contribution in [0.5, 0.6) is 5.75 Å². The lowest BCUT2D eigenvalue weighted by atomic mass is 10.1. The van der Waals surface area contributed by atoms with Gasteiger partial charge >= 0.3 is 8.32 Å². The lowest BCUT2D eigenvalue weighted by Gasteiger charge is -2.43. The summed E-state index contributed by atoms with van der Waals surface area (Å²) >= 11 is 0. The molecule has 4 aromatic carbocycles. The van der Waals surface area contributed by atoms with E-state index in [1.165, 1.54) is 10.4 Å². The molecule has 0 spiro atoms. The van der Waals surface area contributed by atoms with Crippen LogP contribution in [0.4, 0.5) is 0 Å². The molecule has 0 aliphatic carbocycles. The van der Waals surface area contributed by atoms with Gasteiger partial charge in [-0.25, -0.2) is 0 Å². The summed E-state index contributed by atoms with van der Waals surface area (Å²) < 4.78 is 9.22. The number of hydrogen-bond donors (Lipinski definition) is 1. The quantitative estimate of drug-likeness (QED) is 0.262. The maximum atomic E-state index is 9.46. The van der Waals surface area contributed by atoms with Crippen LogP contribution in [0.1, 0.15) is 37.7 Å². The maximum Gasteiger partial charge on any atom is 0.319 e. The number of aliphatic hydroxyl groups is 1. The normalized spacial score (nSPS) is 12.3. The Labute approximate surface area is 226 Å². The predicted molar refractivity (Wildman–Crippen MR) is 160 cm³/mol. The summed E-state index contributed by atoms with van der Waals surface area (Å²) in [4.78, 5) is 0. The Balaban J connectivity index is 1.69. The van der Waals surface area contributed by atoms with Crippen molar-refractivity contribution in [3.63, 3.8) is 0 Å². The highest BCUT2D eigenvalue weighted by molar-refractivity contribution is 7.00. The van der Waals surface area contributed by atoms with E-state index >= 15 is 0 Å². The third-order valence-corrected chi connectivity index (χ3v) is 12.0. The Bertz CT molecular complexity index is 1530. The first kappa shape index (κ1) is 25.7. The van der Waals surface area contributed by atoms with Gasteiger partial charge in [0, 0.05) is 12.4 Å². The van der Waals surface area contributed by atoms with Gasteiger partial charge in [0.2, 0.25) is 0 Å². The first-order valence-electron chi connectivity index (χ1n) is 13.0. The van der Waals surface area contributed by atoms with E-state index in [1.54, 1.807) is 4.68 Å². The standard InChI is InChI=1S/C33H34N2O2Si/c1-33(2,3)38(29-14-7-5-8-15-29,30-16-9-6-10-17-30)37-32-22-25(21-26-13-11-12-18-31(26)32)19-20-28-23-27(24-36)34-35(28)4/h5-23,36H,24H2,1-4H3. The first-order chi connectivity index (χ1) is 18.3. The Kier molecular flexibility index (Phi) is 7.06. The van der Waals surface area contributed by atoms with Gasteiger partial charge in [-0.2, -0.15) is 5.10 Å². The molecule has 5 heteroatoms. The fourth-order valence-corrected chi connectivity index (χ4v) is 9.68. The second-order valence-electron chi connectivity index (χ2n) is 10.7. The van der Waals surface area contributed by atoms with E-state index in [0.717, 1.165) is 27.8 Å². The van der Waals surface area contributed by atoms with E-state index in [0.29, 0.717) is 5.69 Å². The summed E-state index contributed by atoms with van der Waals surface area (Å²) in [6, 6.07) is 36.1. The second kappa shape index (κ2) is 10.4. The van der Waals surface area contributed by atoms with Crippen molar-refractivity contribution in [3.05, 3.63) is 120 Å². The van der Waals surface area contributed by atoms with Crippen LogP contribution in [-0.4, -0.2) is 23.2 Å². The van der Waals surface area contributed by atoms with Crippen molar-refractivity contribution in [2.75, 3.05) is 0 Å². The summed E-state index contributed by atoms with van der Waals surface area (Å²) in [6.07, 6.45) is 4.12. The molecule has 0 radical (unpaired) electrons. The Morgan fingerprint density at radius 3 is 2.00 bits per heavy atom. The van der Waals surface area contributed by atoms with Gasteiger partial charge in [0.05, 0.1) is 18.0 Å². The molecule has 0 amide bonds. The minimum atomic E-state index is -2.79. The fraction of sp³-hybridized carbons (Fsp3) is 0.182. The van der Waals surface area contributed by atoms with Crippen molar-refractivity contribution in [2.24, 2.45) is 7.05 Å². The van der Waals surface area contributed by atoms with E-state index in [4.69, 9.17) is 4.43 Å². The number of rotatable bonds is 7. The van der Waals surface area contributed by atoms with Gasteiger partial charge < -0.3 is 9.53 Å². The van der Waals surface area contributed by atoms with Crippen LogP contribution in [0, 0.1) is 0 Å². The highest BCUT2D eigenvalue weighted by Crippen LogP contribution is 2.40. The Morgan fingerprint density at radius 2 is 1.42 bits per heavy atom. The van der Waals surface area contributed by atoms with E-state index in [9.17, 15) is 5.11 Å². The lowest BCUT2D eigenvalue weighted by Crippen LogP contribution is -2.68. The average molecular weight is 519 g/mol. The molecule has 1 heterocycles. The minimum Gasteiger partial charge on any atom is -0.534 e. The topological polar surface area (TPSA) is 47.3 Å². The summed E-state index contributed by atoms with van der Waals surface area (Å²) in [5.41, 5.74) is 2.63. The molecule has 0 saturated heterocycles. The summed E-state index contributed by atoms with van der Waals surface area (Å²) in [5.74, 6) is 0.887. The third kappa shape index (κ3) is 4.83. The van der Waals surface area contributed by atoms with Crippen molar-refractivity contribution in [1.82, 2.24) is 9.78 Å². The van der Waals surface area contributed by atoms with Crippen molar-refractivity contribution in [1.29, 1.82) is 0 Å². The molecule has 0 aliphatic rings. The fourth-order valence-electron chi connectivity index (χ4n) is 5.25. The maximum absolute atomic E-state index is 9.46. The predicted octanol–water partition coefficient (Wildman–Crippen LogP) is 6.17. The van der Waals surface area contributed by atoms with Gasteiger partial charge in [-0.05, 0) is 50.6 Å². The van der Waals surface area contributed by atoms with Crippen molar-refractivity contribution in [2.45, 2.75) is 32.4 Å². The van der Waals surface area contributed by atoms with Crippen LogP contribution in [0.25, 0.3) is 22.9 Å². The van der Waals surface area contributed by atoms with Crippen LogP contribution in [0.2, 0.25) is 5.04 Å². The molecule has 4 nitrogen and oxygen atoms in total. The molecule has 1 N–H and O–H groups in total. The molecule has 192 valence electrons. The van der Waals surface area contributed by atoms with Crippen LogP contribution in [-0.2, 0) is 13.7 Å². The zero-order valence-corrected chi connectivity index (χ0v) is 23.4. The van der Waals surface area contributed by atoms with Gasteiger partial charge in [0.25, 0.3) is 0 Å². The number of nitrogens with zero attached hydrogens (tertiary/aromatic N) is 2. The third-order valence-electron chi connectivity index (χ3n) is 7.10. The molecule has 38 heavy (non-hydrogen) atoms. The lowest BCUT2D eigenvalue weighted by molar-refractivity contribution is 0.275. The number of fused-ring (bicyclic) bond motifs is 1. The Morgan fingerprint density at radius 1 is 0.816 bits per heavy atom. The van der Waals surface area contributed by atoms with E-state index in [1.807, 2.05) is 19.2 Å². The largest absolute Gasteiger partial charge is 0.534 e. The molecule has 0 unspecified atom stereocenters. The summed E-state index contributed by atoms with van der Waals surface area (Å²) in [6.45, 7) is 6.82. The van der Waals surface area contributed by atoms with Crippen LogP contribution < -0.4 is 14.8 Å². The molecule has 5 aromatic rings. The number of benzene rings is 4. The molecule has 0 fully saturated rings. The van der Waals surface area contributed by atoms with E-state index in [2.05, 4.69) is 129 Å². The number of hydrogen-bond acceptors (Lipinski definition) is 3. The minimum absolute atomic E-state index is 0.0753. The smallest absolute Gasteiger partial charge is 0.319 e. The van der Waals surface area contributed by atoms with Crippen molar-refractivity contribution in [3.8, 4) is 5.75 Å². The van der Waals surface area contributed by atoms with Gasteiger partial charge in [0.1, 0.15) is 5.75 Å². The number of aliphatic hydroxyl groups excluding tert-OH is 1. The van der Waals surface area contributed by atoms with E-state index in [-0.39, 0.29) is 11.6 Å². The van der Waals surface area contributed by atoms with Gasteiger partial charge in [-0.15, -0.1) is 0 Å². The SMILES string of the molecule is Cn1nc(CO)cc1C=Cc1cc(O[Si](c2ccccc2)(c2ccccc2)C(C)(C)C)c2ccccc2c1. The van der Waals surface area contributed by atoms with Crippen LogP contribution in [0.15, 0.2) is 103 Å². The number of aromatic nitrogens is 2.